The molecule has 27 heavy (non-hydrogen) atoms. The van der Waals surface area contributed by atoms with E-state index >= 15 is 0 Å². The van der Waals surface area contributed by atoms with Gasteiger partial charge in [-0.2, -0.15) is 0 Å². The first-order valence-corrected chi connectivity index (χ1v) is 9.71. The van der Waals surface area contributed by atoms with E-state index in [9.17, 15) is 4.79 Å². The van der Waals surface area contributed by atoms with Crippen LogP contribution in [0.4, 0.5) is 5.69 Å². The molecule has 0 heterocycles. The molecular formula is C23H23NO2S. The number of hydrogen-bond donors (Lipinski definition) is 1. The Morgan fingerprint density at radius 1 is 0.963 bits per heavy atom. The molecule has 1 amide bonds. The molecule has 0 saturated carbocycles. The van der Waals surface area contributed by atoms with E-state index in [1.807, 2.05) is 74.5 Å². The molecule has 3 aromatic carbocycles. The van der Waals surface area contributed by atoms with Crippen LogP contribution in [0, 0.1) is 13.8 Å². The maximum atomic E-state index is 12.7. The minimum absolute atomic E-state index is 0.169. The number of hydrogen-bond acceptors (Lipinski definition) is 3. The summed E-state index contributed by atoms with van der Waals surface area (Å²) in [4.78, 5) is 14.8. The molecule has 3 nitrogen and oxygen atoms in total. The van der Waals surface area contributed by atoms with Gasteiger partial charge in [0, 0.05) is 9.79 Å². The Labute approximate surface area is 164 Å². The van der Waals surface area contributed by atoms with E-state index in [1.54, 1.807) is 18.7 Å². The predicted octanol–water partition coefficient (Wildman–Crippen LogP) is 5.86. The van der Waals surface area contributed by atoms with Gasteiger partial charge in [0.2, 0.25) is 0 Å². The van der Waals surface area contributed by atoms with E-state index in [1.165, 1.54) is 0 Å². The molecule has 0 spiro atoms. The fourth-order valence-corrected chi connectivity index (χ4v) is 3.51. The summed E-state index contributed by atoms with van der Waals surface area (Å²) < 4.78 is 5.90. The van der Waals surface area contributed by atoms with Crippen LogP contribution in [0.15, 0.2) is 82.6 Å². The largest absolute Gasteiger partial charge is 0.481 e. The number of carbonyl (C=O) groups is 1. The number of anilines is 1. The Bertz CT molecular complexity index is 925. The number of rotatable bonds is 6. The van der Waals surface area contributed by atoms with Crippen LogP contribution in [0.2, 0.25) is 0 Å². The molecule has 138 valence electrons. The van der Waals surface area contributed by atoms with Crippen molar-refractivity contribution in [2.24, 2.45) is 0 Å². The number of benzene rings is 3. The first-order chi connectivity index (χ1) is 13.0. The number of amides is 1. The smallest absolute Gasteiger partial charge is 0.265 e. The molecule has 3 rings (SSSR count). The zero-order valence-corrected chi connectivity index (χ0v) is 16.5. The zero-order valence-electron chi connectivity index (χ0n) is 15.7. The molecule has 0 aliphatic rings. The third-order valence-electron chi connectivity index (χ3n) is 4.13. The van der Waals surface area contributed by atoms with Crippen molar-refractivity contribution in [3.05, 3.63) is 83.9 Å². The third-order valence-corrected chi connectivity index (χ3v) is 5.22. The van der Waals surface area contributed by atoms with Gasteiger partial charge in [-0.1, -0.05) is 54.2 Å². The minimum atomic E-state index is -0.597. The first kappa shape index (κ1) is 19.1. The average molecular weight is 378 g/mol. The average Bonchev–Trinajstić information content (AvgIpc) is 2.67. The molecule has 1 atom stereocenters. The Balaban J connectivity index is 1.71. The number of aryl methyl sites for hydroxylation is 2. The van der Waals surface area contributed by atoms with Crippen LogP contribution in [0.3, 0.4) is 0 Å². The number of carbonyl (C=O) groups excluding carboxylic acids is 1. The Morgan fingerprint density at radius 3 is 2.44 bits per heavy atom. The number of para-hydroxylation sites is 1. The van der Waals surface area contributed by atoms with Crippen LogP contribution in [-0.4, -0.2) is 12.0 Å². The monoisotopic (exact) mass is 377 g/mol. The van der Waals surface area contributed by atoms with Crippen molar-refractivity contribution in [2.45, 2.75) is 36.7 Å². The minimum Gasteiger partial charge on any atom is -0.481 e. The molecule has 1 unspecified atom stereocenters. The maximum absolute atomic E-state index is 12.7. The normalized spacial score (nSPS) is 11.7. The van der Waals surface area contributed by atoms with E-state index in [0.29, 0.717) is 0 Å². The van der Waals surface area contributed by atoms with Gasteiger partial charge in [-0.05, 0) is 62.2 Å². The van der Waals surface area contributed by atoms with Crippen molar-refractivity contribution >= 4 is 23.4 Å². The molecule has 3 aromatic rings. The van der Waals surface area contributed by atoms with Gasteiger partial charge >= 0.3 is 0 Å². The van der Waals surface area contributed by atoms with Crippen molar-refractivity contribution in [1.82, 2.24) is 0 Å². The van der Waals surface area contributed by atoms with Crippen molar-refractivity contribution in [1.29, 1.82) is 0 Å². The van der Waals surface area contributed by atoms with E-state index in [0.717, 1.165) is 32.4 Å². The van der Waals surface area contributed by atoms with E-state index in [4.69, 9.17) is 4.74 Å². The molecule has 0 bridgehead atoms. The molecule has 0 aliphatic heterocycles. The van der Waals surface area contributed by atoms with Gasteiger partial charge in [0.25, 0.3) is 5.91 Å². The number of ether oxygens (including phenoxy) is 1. The molecule has 4 heteroatoms. The second kappa shape index (κ2) is 8.78. The van der Waals surface area contributed by atoms with Crippen molar-refractivity contribution in [3.8, 4) is 5.75 Å². The maximum Gasteiger partial charge on any atom is 0.265 e. The van der Waals surface area contributed by atoms with Crippen LogP contribution in [0.25, 0.3) is 0 Å². The SMILES string of the molecule is Cc1ccc(C)c(OC(C)C(=O)Nc2ccccc2Sc2ccccc2)c1. The van der Waals surface area contributed by atoms with E-state index in [-0.39, 0.29) is 5.91 Å². The Kier molecular flexibility index (Phi) is 6.20. The lowest BCUT2D eigenvalue weighted by Crippen LogP contribution is -2.30. The van der Waals surface area contributed by atoms with Gasteiger partial charge in [0.1, 0.15) is 5.75 Å². The molecule has 0 radical (unpaired) electrons. The highest BCUT2D eigenvalue weighted by Gasteiger charge is 2.17. The fraction of sp³-hybridized carbons (Fsp3) is 0.174. The van der Waals surface area contributed by atoms with Crippen LogP contribution in [0.1, 0.15) is 18.1 Å². The Morgan fingerprint density at radius 2 is 1.67 bits per heavy atom. The first-order valence-electron chi connectivity index (χ1n) is 8.89. The topological polar surface area (TPSA) is 38.3 Å². The lowest BCUT2D eigenvalue weighted by atomic mass is 10.1. The fourth-order valence-electron chi connectivity index (χ4n) is 2.59. The van der Waals surface area contributed by atoms with Gasteiger partial charge in [0.15, 0.2) is 6.10 Å². The van der Waals surface area contributed by atoms with E-state index < -0.39 is 6.10 Å². The van der Waals surface area contributed by atoms with Gasteiger partial charge < -0.3 is 10.1 Å². The van der Waals surface area contributed by atoms with Gasteiger partial charge in [-0.3, -0.25) is 4.79 Å². The second-order valence-electron chi connectivity index (χ2n) is 6.43. The predicted molar refractivity (Wildman–Crippen MR) is 112 cm³/mol. The van der Waals surface area contributed by atoms with Crippen molar-refractivity contribution < 1.29 is 9.53 Å². The second-order valence-corrected chi connectivity index (χ2v) is 7.54. The van der Waals surface area contributed by atoms with Gasteiger partial charge in [0.05, 0.1) is 5.69 Å². The Hall–Kier alpha value is -2.72. The summed E-state index contributed by atoms with van der Waals surface area (Å²) in [5.41, 5.74) is 2.90. The summed E-state index contributed by atoms with van der Waals surface area (Å²) in [6, 6.07) is 23.9. The highest BCUT2D eigenvalue weighted by Crippen LogP contribution is 2.33. The quantitative estimate of drug-likeness (QED) is 0.585. The zero-order chi connectivity index (χ0) is 19.2. The summed E-state index contributed by atoms with van der Waals surface area (Å²) in [6.45, 7) is 5.75. The van der Waals surface area contributed by atoms with Crippen molar-refractivity contribution in [2.75, 3.05) is 5.32 Å². The molecular weight excluding hydrogens is 354 g/mol. The lowest BCUT2D eigenvalue weighted by Gasteiger charge is -2.18. The summed E-state index contributed by atoms with van der Waals surface area (Å²) in [7, 11) is 0. The van der Waals surface area contributed by atoms with Gasteiger partial charge in [-0.25, -0.2) is 0 Å². The summed E-state index contributed by atoms with van der Waals surface area (Å²) in [6.07, 6.45) is -0.597. The molecule has 0 aromatic heterocycles. The van der Waals surface area contributed by atoms with Crippen molar-refractivity contribution in [3.63, 3.8) is 0 Å². The molecule has 1 N–H and O–H groups in total. The highest BCUT2D eigenvalue weighted by molar-refractivity contribution is 7.99. The standard InChI is InChI=1S/C23H23NO2S/c1-16-13-14-17(2)21(15-16)26-18(3)23(25)24-20-11-7-8-12-22(20)27-19-9-5-4-6-10-19/h4-15,18H,1-3H3,(H,24,25). The molecule has 0 aliphatic carbocycles. The lowest BCUT2D eigenvalue weighted by molar-refractivity contribution is -0.122. The summed E-state index contributed by atoms with van der Waals surface area (Å²) >= 11 is 1.62. The van der Waals surface area contributed by atoms with Crippen LogP contribution in [0.5, 0.6) is 5.75 Å². The molecule has 0 saturated heterocycles. The third kappa shape index (κ3) is 5.14. The van der Waals surface area contributed by atoms with Crippen LogP contribution >= 0.6 is 11.8 Å². The highest BCUT2D eigenvalue weighted by atomic mass is 32.2. The van der Waals surface area contributed by atoms with Crippen LogP contribution < -0.4 is 10.1 Å². The van der Waals surface area contributed by atoms with Gasteiger partial charge in [-0.15, -0.1) is 0 Å². The summed E-state index contributed by atoms with van der Waals surface area (Å²) in [5.74, 6) is 0.571. The van der Waals surface area contributed by atoms with Crippen LogP contribution in [-0.2, 0) is 4.79 Å². The summed E-state index contributed by atoms with van der Waals surface area (Å²) in [5, 5.41) is 3.00. The molecule has 0 fully saturated rings. The number of nitrogens with one attached hydrogen (secondary N) is 1. The van der Waals surface area contributed by atoms with E-state index in [2.05, 4.69) is 17.4 Å².